The first-order valence-corrected chi connectivity index (χ1v) is 8.24. The van der Waals surface area contributed by atoms with E-state index in [1.165, 1.54) is 38.5 Å². The second kappa shape index (κ2) is 8.83. The first-order chi connectivity index (χ1) is 10.3. The van der Waals surface area contributed by atoms with Gasteiger partial charge in [0.1, 0.15) is 0 Å². The van der Waals surface area contributed by atoms with E-state index in [-0.39, 0.29) is 18.6 Å². The second-order valence-corrected chi connectivity index (χ2v) is 6.11. The highest BCUT2D eigenvalue weighted by Gasteiger charge is 2.15. The molecule has 0 unspecified atom stereocenters. The maximum absolute atomic E-state index is 12.0. The van der Waals surface area contributed by atoms with Gasteiger partial charge in [-0.3, -0.25) is 4.79 Å². The molecule has 0 aliphatic heterocycles. The lowest BCUT2D eigenvalue weighted by Crippen LogP contribution is -2.30. The van der Waals surface area contributed by atoms with Crippen LogP contribution in [0.5, 0.6) is 0 Å². The normalized spacial score (nSPS) is 17.4. The van der Waals surface area contributed by atoms with Crippen molar-refractivity contribution in [1.29, 1.82) is 0 Å². The first kappa shape index (κ1) is 16.0. The molecule has 1 aliphatic carbocycles. The van der Waals surface area contributed by atoms with Crippen molar-refractivity contribution in [2.24, 2.45) is 5.92 Å². The van der Waals surface area contributed by atoms with E-state index in [1.807, 2.05) is 30.3 Å². The monoisotopic (exact) mass is 289 g/mol. The van der Waals surface area contributed by atoms with Crippen LogP contribution in [0.25, 0.3) is 0 Å². The molecular formula is C18H27NO2. The topological polar surface area (TPSA) is 49.3 Å². The number of carbonyl (C=O) groups excluding carboxylic acids is 1. The van der Waals surface area contributed by atoms with E-state index in [0.29, 0.717) is 6.42 Å². The Morgan fingerprint density at radius 3 is 2.57 bits per heavy atom. The van der Waals surface area contributed by atoms with Gasteiger partial charge in [-0.2, -0.15) is 0 Å². The number of nitrogens with one attached hydrogen (secondary N) is 1. The van der Waals surface area contributed by atoms with Gasteiger partial charge >= 0.3 is 0 Å². The molecule has 0 aromatic heterocycles. The predicted octanol–water partition coefficient (Wildman–Crippen LogP) is 3.59. The maximum atomic E-state index is 12.0. The van der Waals surface area contributed by atoms with Gasteiger partial charge in [0.2, 0.25) is 5.91 Å². The van der Waals surface area contributed by atoms with Crippen molar-refractivity contribution >= 4 is 5.91 Å². The van der Waals surface area contributed by atoms with Crippen LogP contribution in [0, 0.1) is 5.92 Å². The molecule has 1 atom stereocenters. The third-order valence-corrected chi connectivity index (χ3v) is 4.46. The summed E-state index contributed by atoms with van der Waals surface area (Å²) < 4.78 is 0. The van der Waals surface area contributed by atoms with E-state index < -0.39 is 0 Å². The van der Waals surface area contributed by atoms with Crippen LogP contribution in [0.1, 0.15) is 63.0 Å². The lowest BCUT2D eigenvalue weighted by molar-refractivity contribution is -0.122. The highest BCUT2D eigenvalue weighted by Crippen LogP contribution is 2.27. The zero-order valence-electron chi connectivity index (χ0n) is 12.8. The molecule has 3 nitrogen and oxygen atoms in total. The molecule has 1 fully saturated rings. The summed E-state index contributed by atoms with van der Waals surface area (Å²) in [6.45, 7) is -0.0572. The van der Waals surface area contributed by atoms with Crippen molar-refractivity contribution in [3.63, 3.8) is 0 Å². The molecule has 0 spiro atoms. The zero-order chi connectivity index (χ0) is 14.9. The van der Waals surface area contributed by atoms with Crippen LogP contribution >= 0.6 is 0 Å². The van der Waals surface area contributed by atoms with Crippen LogP contribution in [0.2, 0.25) is 0 Å². The van der Waals surface area contributed by atoms with E-state index in [9.17, 15) is 9.90 Å². The third-order valence-electron chi connectivity index (χ3n) is 4.46. The van der Waals surface area contributed by atoms with Crippen molar-refractivity contribution in [2.45, 2.75) is 57.4 Å². The molecule has 0 saturated heterocycles. The molecule has 1 aliphatic rings. The minimum absolute atomic E-state index is 0.0497. The van der Waals surface area contributed by atoms with Gasteiger partial charge in [0, 0.05) is 6.42 Å². The van der Waals surface area contributed by atoms with Crippen LogP contribution in [0.3, 0.4) is 0 Å². The highest BCUT2D eigenvalue weighted by atomic mass is 16.3. The molecule has 21 heavy (non-hydrogen) atoms. The molecule has 2 N–H and O–H groups in total. The summed E-state index contributed by atoms with van der Waals surface area (Å²) in [5.41, 5.74) is 0.959. The Morgan fingerprint density at radius 2 is 1.90 bits per heavy atom. The average molecular weight is 289 g/mol. The van der Waals surface area contributed by atoms with E-state index in [2.05, 4.69) is 5.32 Å². The molecule has 1 aromatic carbocycles. The minimum atomic E-state index is -0.284. The predicted molar refractivity (Wildman–Crippen MR) is 84.8 cm³/mol. The van der Waals surface area contributed by atoms with E-state index in [0.717, 1.165) is 17.9 Å². The molecule has 0 heterocycles. The maximum Gasteiger partial charge on any atom is 0.220 e. The van der Waals surface area contributed by atoms with Crippen molar-refractivity contribution in [2.75, 3.05) is 6.61 Å². The van der Waals surface area contributed by atoms with Gasteiger partial charge in [0.05, 0.1) is 12.6 Å². The van der Waals surface area contributed by atoms with Gasteiger partial charge < -0.3 is 10.4 Å². The quantitative estimate of drug-likeness (QED) is 0.806. The molecular weight excluding hydrogens is 262 g/mol. The average Bonchev–Trinajstić information content (AvgIpc) is 2.54. The van der Waals surface area contributed by atoms with Crippen LogP contribution in [0.15, 0.2) is 30.3 Å². The number of hydrogen-bond acceptors (Lipinski definition) is 2. The van der Waals surface area contributed by atoms with Gasteiger partial charge in [-0.25, -0.2) is 0 Å². The molecule has 1 saturated carbocycles. The Morgan fingerprint density at radius 1 is 1.19 bits per heavy atom. The van der Waals surface area contributed by atoms with Gasteiger partial charge in [-0.15, -0.1) is 0 Å². The molecule has 3 heteroatoms. The van der Waals surface area contributed by atoms with Crippen molar-refractivity contribution in [3.8, 4) is 0 Å². The van der Waals surface area contributed by atoms with Crippen molar-refractivity contribution in [3.05, 3.63) is 35.9 Å². The highest BCUT2D eigenvalue weighted by molar-refractivity contribution is 5.76. The van der Waals surface area contributed by atoms with Crippen LogP contribution < -0.4 is 5.32 Å². The van der Waals surface area contributed by atoms with E-state index >= 15 is 0 Å². The van der Waals surface area contributed by atoms with Crippen LogP contribution in [0.4, 0.5) is 0 Å². The van der Waals surface area contributed by atoms with Gasteiger partial charge in [0.15, 0.2) is 0 Å². The Hall–Kier alpha value is -1.35. The molecule has 0 radical (unpaired) electrons. The molecule has 0 bridgehead atoms. The summed E-state index contributed by atoms with van der Waals surface area (Å²) in [4.78, 5) is 12.0. The van der Waals surface area contributed by atoms with Gasteiger partial charge in [-0.1, -0.05) is 62.4 Å². The Kier molecular flexibility index (Phi) is 6.74. The summed E-state index contributed by atoms with van der Waals surface area (Å²) >= 11 is 0. The molecule has 2 rings (SSSR count). The van der Waals surface area contributed by atoms with Crippen LogP contribution in [-0.2, 0) is 4.79 Å². The fourth-order valence-electron chi connectivity index (χ4n) is 3.21. The smallest absolute Gasteiger partial charge is 0.220 e. The zero-order valence-corrected chi connectivity index (χ0v) is 12.8. The Bertz CT molecular complexity index is 412. The second-order valence-electron chi connectivity index (χ2n) is 6.11. The van der Waals surface area contributed by atoms with Gasteiger partial charge in [0.25, 0.3) is 0 Å². The first-order valence-electron chi connectivity index (χ1n) is 8.24. The number of hydrogen-bond donors (Lipinski definition) is 2. The molecule has 116 valence electrons. The fraction of sp³-hybridized carbons (Fsp3) is 0.611. The summed E-state index contributed by atoms with van der Waals surface area (Å²) in [6, 6.07) is 9.37. The summed E-state index contributed by atoms with van der Waals surface area (Å²) in [5.74, 6) is 0.878. The van der Waals surface area contributed by atoms with Crippen molar-refractivity contribution in [1.82, 2.24) is 5.32 Å². The number of rotatable bonds is 7. The summed E-state index contributed by atoms with van der Waals surface area (Å²) in [5, 5.41) is 12.4. The minimum Gasteiger partial charge on any atom is -0.394 e. The van der Waals surface area contributed by atoms with Crippen LogP contribution in [-0.4, -0.2) is 17.6 Å². The molecule has 1 amide bonds. The number of carbonyl (C=O) groups is 1. The summed E-state index contributed by atoms with van der Waals surface area (Å²) in [6.07, 6.45) is 9.47. The number of benzene rings is 1. The fourth-order valence-corrected chi connectivity index (χ4v) is 3.21. The third kappa shape index (κ3) is 5.50. The Labute approximate surface area is 127 Å². The summed E-state index contributed by atoms with van der Waals surface area (Å²) in [7, 11) is 0. The van der Waals surface area contributed by atoms with Crippen molar-refractivity contribution < 1.29 is 9.90 Å². The van der Waals surface area contributed by atoms with E-state index in [4.69, 9.17) is 0 Å². The standard InChI is InChI=1S/C18H27NO2/c20-14-17(16-11-5-2-6-12-16)19-18(21)13-7-10-15-8-3-1-4-9-15/h2,5-6,11-12,15,17,20H,1,3-4,7-10,13-14H2,(H,19,21)/t17-/m0/s1. The van der Waals surface area contributed by atoms with Gasteiger partial charge in [-0.05, 0) is 24.3 Å². The number of amides is 1. The largest absolute Gasteiger partial charge is 0.394 e. The van der Waals surface area contributed by atoms with E-state index in [1.54, 1.807) is 0 Å². The lowest BCUT2D eigenvalue weighted by atomic mass is 9.86. The Balaban J connectivity index is 1.70. The molecule has 1 aromatic rings. The number of aliphatic hydroxyl groups is 1. The lowest BCUT2D eigenvalue weighted by Gasteiger charge is -2.21. The number of aliphatic hydroxyl groups excluding tert-OH is 1. The SMILES string of the molecule is O=C(CCCC1CCCCC1)N[C@@H](CO)c1ccccc1.